The van der Waals surface area contributed by atoms with Gasteiger partial charge in [0.15, 0.2) is 6.17 Å². The number of halogens is 1. The molecule has 1 aliphatic carbocycles. The van der Waals surface area contributed by atoms with Gasteiger partial charge in [-0.3, -0.25) is 0 Å². The maximum absolute atomic E-state index is 11.0. The molecule has 21 heavy (non-hydrogen) atoms. The van der Waals surface area contributed by atoms with Gasteiger partial charge >= 0.3 is 5.97 Å². The summed E-state index contributed by atoms with van der Waals surface area (Å²) in [6.07, 6.45) is 4.69. The molecule has 0 aromatic carbocycles. The van der Waals surface area contributed by atoms with Crippen LogP contribution in [-0.4, -0.2) is 29.9 Å². The molecule has 0 saturated heterocycles. The molecule has 1 unspecified atom stereocenters. The van der Waals surface area contributed by atoms with Gasteiger partial charge in [-0.05, 0) is 25.0 Å². The maximum atomic E-state index is 11.0. The second-order valence-corrected chi connectivity index (χ2v) is 5.38. The number of nitrogens with two attached hydrogens (primary N) is 1. The number of carbonyl (C=O) groups is 1. The molecule has 7 nitrogen and oxygen atoms in total. The average Bonchev–Trinajstić information content (AvgIpc) is 3.26. The molecule has 3 rings (SSSR count). The van der Waals surface area contributed by atoms with Crippen LogP contribution in [0.4, 0.5) is 11.5 Å². The average molecular weight is 311 g/mol. The highest BCUT2D eigenvalue weighted by Crippen LogP contribution is 2.39. The minimum atomic E-state index is -0.616. The maximum Gasteiger partial charge on any atom is 0.349 e. The van der Waals surface area contributed by atoms with Crippen molar-refractivity contribution in [1.29, 1.82) is 0 Å². The number of fused-ring (bicyclic) bond motifs is 1. The van der Waals surface area contributed by atoms with Crippen LogP contribution in [0.15, 0.2) is 23.5 Å². The number of nitrogens with zero attached hydrogens (tertiary/aromatic N) is 2. The van der Waals surface area contributed by atoms with Crippen molar-refractivity contribution in [3.8, 4) is 0 Å². The Morgan fingerprint density at radius 3 is 3.14 bits per heavy atom. The first-order valence-corrected chi connectivity index (χ1v) is 7.36. The lowest BCUT2D eigenvalue weighted by molar-refractivity contribution is -0.362. The van der Waals surface area contributed by atoms with Gasteiger partial charge in [0.25, 0.3) is 5.82 Å². The van der Waals surface area contributed by atoms with Gasteiger partial charge in [0.05, 0.1) is 18.7 Å². The number of anilines is 2. The molecule has 1 aromatic heterocycles. The first-order valence-electron chi connectivity index (χ1n) is 6.82. The lowest BCUT2D eigenvalue weighted by Gasteiger charge is -2.18. The molecule has 1 saturated carbocycles. The fraction of sp³-hybridized carbons (Fsp3) is 0.462. The van der Waals surface area contributed by atoms with Crippen LogP contribution in [0.5, 0.6) is 0 Å². The quantitative estimate of drug-likeness (QED) is 0.274. The molecule has 8 heteroatoms. The van der Waals surface area contributed by atoms with E-state index in [0.717, 1.165) is 11.5 Å². The van der Waals surface area contributed by atoms with Gasteiger partial charge in [0, 0.05) is 0 Å². The van der Waals surface area contributed by atoms with Crippen LogP contribution in [0.25, 0.3) is 0 Å². The Labute approximate surface area is 127 Å². The Morgan fingerprint density at radius 2 is 2.43 bits per heavy atom. The van der Waals surface area contributed by atoms with Gasteiger partial charge in [-0.1, -0.05) is 5.16 Å². The topological polar surface area (TPSA) is 94.1 Å². The normalized spacial score (nSPS) is 20.9. The molecule has 0 spiro atoms. The number of H-pyrrole nitrogens is 1. The van der Waals surface area contributed by atoms with E-state index in [-0.39, 0.29) is 17.9 Å². The van der Waals surface area contributed by atoms with Crippen LogP contribution < -0.4 is 20.9 Å². The van der Waals surface area contributed by atoms with Crippen molar-refractivity contribution in [2.75, 3.05) is 16.1 Å². The first-order chi connectivity index (χ1) is 10.2. The molecule has 4 N–H and O–H groups in total. The van der Waals surface area contributed by atoms with E-state index in [1.807, 2.05) is 18.3 Å². The SMILES string of the molecule is NC(CC1Nc2ccc[nH+]c2N1C1CC1)=NOC(=O)CCl. The third-order valence-electron chi connectivity index (χ3n) is 3.47. The molecule has 0 amide bonds. The van der Waals surface area contributed by atoms with Crippen LogP contribution in [0, 0.1) is 0 Å². The molecule has 2 heterocycles. The third-order valence-corrected chi connectivity index (χ3v) is 3.69. The van der Waals surface area contributed by atoms with Crippen LogP contribution in [0.2, 0.25) is 0 Å². The van der Waals surface area contributed by atoms with Gasteiger partial charge in [0.2, 0.25) is 0 Å². The summed E-state index contributed by atoms with van der Waals surface area (Å²) in [5.74, 6) is 0.460. The Morgan fingerprint density at radius 1 is 1.62 bits per heavy atom. The zero-order chi connectivity index (χ0) is 14.8. The zero-order valence-electron chi connectivity index (χ0n) is 11.4. The van der Waals surface area contributed by atoms with Gasteiger partial charge in [-0.15, -0.1) is 11.6 Å². The Balaban J connectivity index is 1.70. The van der Waals surface area contributed by atoms with Gasteiger partial charge in [0.1, 0.15) is 17.4 Å². The van der Waals surface area contributed by atoms with Gasteiger partial charge in [-0.2, -0.15) is 0 Å². The van der Waals surface area contributed by atoms with Crippen molar-refractivity contribution in [2.24, 2.45) is 10.9 Å². The van der Waals surface area contributed by atoms with E-state index in [4.69, 9.17) is 17.3 Å². The monoisotopic (exact) mass is 310 g/mol. The molecule has 112 valence electrons. The number of alkyl halides is 1. The van der Waals surface area contributed by atoms with E-state index < -0.39 is 5.97 Å². The molecule has 0 bridgehead atoms. The molecule has 2 aliphatic rings. The number of amidine groups is 1. The summed E-state index contributed by atoms with van der Waals surface area (Å²) in [6, 6.07) is 4.47. The Hall–Kier alpha value is -2.02. The number of pyridine rings is 1. The molecule has 1 atom stereocenters. The standard InChI is InChI=1S/C13H16ClN5O2/c14-7-12(20)21-18-10(15)6-11-17-9-2-1-5-16-13(9)19(11)8-3-4-8/h1-2,5,8,11,17H,3-4,6-7H2,(H2,15,18)/p+1. The van der Waals surface area contributed by atoms with Gasteiger partial charge < -0.3 is 15.9 Å². The number of rotatable bonds is 5. The molecule has 1 fully saturated rings. The number of oxime groups is 1. The van der Waals surface area contributed by atoms with Crippen molar-refractivity contribution in [3.05, 3.63) is 18.3 Å². The molecular formula is C13H17ClN5O2+. The number of hydrogen-bond donors (Lipinski definition) is 2. The molecule has 1 aliphatic heterocycles. The number of carbonyl (C=O) groups excluding carboxylic acids is 1. The summed E-state index contributed by atoms with van der Waals surface area (Å²) < 4.78 is 0. The van der Waals surface area contributed by atoms with E-state index in [2.05, 4.69) is 25.2 Å². The van der Waals surface area contributed by atoms with Crippen molar-refractivity contribution in [2.45, 2.75) is 31.5 Å². The van der Waals surface area contributed by atoms with Crippen molar-refractivity contribution in [1.82, 2.24) is 0 Å². The van der Waals surface area contributed by atoms with Crippen LogP contribution in [-0.2, 0) is 9.63 Å². The van der Waals surface area contributed by atoms with Crippen molar-refractivity contribution in [3.63, 3.8) is 0 Å². The Kier molecular flexibility index (Phi) is 3.83. The molecule has 0 radical (unpaired) electrons. The second kappa shape index (κ2) is 5.77. The third kappa shape index (κ3) is 3.02. The van der Waals surface area contributed by atoms with Gasteiger partial charge in [-0.25, -0.2) is 14.7 Å². The number of hydrogen-bond acceptors (Lipinski definition) is 5. The largest absolute Gasteiger partial charge is 0.384 e. The summed E-state index contributed by atoms with van der Waals surface area (Å²) in [4.78, 5) is 21.1. The van der Waals surface area contributed by atoms with E-state index in [1.54, 1.807) is 0 Å². The predicted molar refractivity (Wildman–Crippen MR) is 79.0 cm³/mol. The first kappa shape index (κ1) is 13.9. The lowest BCUT2D eigenvalue weighted by atomic mass is 10.3. The van der Waals surface area contributed by atoms with Crippen LogP contribution in [0.1, 0.15) is 19.3 Å². The minimum absolute atomic E-state index is 0.00426. The van der Waals surface area contributed by atoms with E-state index in [1.165, 1.54) is 12.8 Å². The lowest BCUT2D eigenvalue weighted by Crippen LogP contribution is -2.42. The highest BCUT2D eigenvalue weighted by Gasteiger charge is 2.46. The molecular weight excluding hydrogens is 294 g/mol. The van der Waals surface area contributed by atoms with E-state index in [0.29, 0.717) is 12.5 Å². The second-order valence-electron chi connectivity index (χ2n) is 5.11. The van der Waals surface area contributed by atoms with Crippen molar-refractivity contribution >= 4 is 34.9 Å². The summed E-state index contributed by atoms with van der Waals surface area (Å²) in [5.41, 5.74) is 6.87. The Bertz CT molecular complexity index is 575. The summed E-state index contributed by atoms with van der Waals surface area (Å²) in [5, 5.41) is 7.02. The highest BCUT2D eigenvalue weighted by molar-refractivity contribution is 6.26. The smallest absolute Gasteiger partial charge is 0.349 e. The summed E-state index contributed by atoms with van der Waals surface area (Å²) >= 11 is 5.33. The summed E-state index contributed by atoms with van der Waals surface area (Å²) in [7, 11) is 0. The van der Waals surface area contributed by atoms with E-state index in [9.17, 15) is 4.79 Å². The van der Waals surface area contributed by atoms with Crippen molar-refractivity contribution < 1.29 is 14.6 Å². The van der Waals surface area contributed by atoms with Crippen LogP contribution in [0.3, 0.4) is 0 Å². The summed E-state index contributed by atoms with van der Waals surface area (Å²) in [6.45, 7) is 0. The highest BCUT2D eigenvalue weighted by atomic mass is 35.5. The minimum Gasteiger partial charge on any atom is -0.384 e. The molecule has 1 aromatic rings. The van der Waals surface area contributed by atoms with Crippen LogP contribution >= 0.6 is 11.6 Å². The predicted octanol–water partition coefficient (Wildman–Crippen LogP) is 0.665. The fourth-order valence-electron chi connectivity index (χ4n) is 2.47. The van der Waals surface area contributed by atoms with E-state index >= 15 is 0 Å². The zero-order valence-corrected chi connectivity index (χ0v) is 12.1. The number of nitrogens with one attached hydrogen (secondary N) is 2. The number of aromatic nitrogens is 1. The number of aromatic amines is 1. The fourth-order valence-corrected chi connectivity index (χ4v) is 2.52.